The second-order valence-corrected chi connectivity index (χ2v) is 9.12. The number of sulfonamides is 1. The summed E-state index contributed by atoms with van der Waals surface area (Å²) in [6.07, 6.45) is 4.31. The van der Waals surface area contributed by atoms with Crippen LogP contribution in [0.25, 0.3) is 17.0 Å². The van der Waals surface area contributed by atoms with Crippen molar-refractivity contribution in [3.05, 3.63) is 77.8 Å². The minimum absolute atomic E-state index is 0.0803. The largest absolute Gasteiger partial charge is 0.325 e. The van der Waals surface area contributed by atoms with Gasteiger partial charge < -0.3 is 5.32 Å². The minimum atomic E-state index is -3.51. The molecule has 30 heavy (non-hydrogen) atoms. The maximum Gasteiger partial charge on any atom is 0.236 e. The summed E-state index contributed by atoms with van der Waals surface area (Å²) < 4.78 is 26.7. The first-order valence-corrected chi connectivity index (χ1v) is 11.4. The number of nitrogens with zero attached hydrogens (tertiary/aromatic N) is 2. The van der Waals surface area contributed by atoms with E-state index in [1.54, 1.807) is 12.3 Å². The molecule has 3 aromatic rings. The Hall–Kier alpha value is -3.03. The quantitative estimate of drug-likeness (QED) is 0.678. The Morgan fingerprint density at radius 2 is 1.77 bits per heavy atom. The smallest absolute Gasteiger partial charge is 0.236 e. The van der Waals surface area contributed by atoms with E-state index in [0.29, 0.717) is 25.9 Å². The first kappa shape index (κ1) is 20.3. The maximum atomic E-state index is 12.8. The normalized spacial score (nSPS) is 16.1. The van der Waals surface area contributed by atoms with E-state index >= 15 is 0 Å². The number of fused-ring (bicyclic) bond motifs is 1. The number of hydrogen-bond donors (Lipinski definition) is 1. The molecule has 7 heteroatoms. The predicted octanol–water partition coefficient (Wildman–Crippen LogP) is 3.89. The lowest BCUT2D eigenvalue weighted by molar-refractivity contribution is -0.120. The molecule has 0 unspecified atom stereocenters. The van der Waals surface area contributed by atoms with E-state index in [9.17, 15) is 13.2 Å². The zero-order valence-electron chi connectivity index (χ0n) is 16.4. The van der Waals surface area contributed by atoms with Gasteiger partial charge in [-0.3, -0.25) is 9.78 Å². The summed E-state index contributed by atoms with van der Waals surface area (Å²) in [6, 6.07) is 18.7. The fraction of sp³-hybridized carbons (Fsp3) is 0.217. The fourth-order valence-corrected chi connectivity index (χ4v) is 4.86. The Bertz CT molecular complexity index is 1160. The summed E-state index contributed by atoms with van der Waals surface area (Å²) in [7, 11) is -3.51. The fourth-order valence-electron chi connectivity index (χ4n) is 3.63. The van der Waals surface area contributed by atoms with Crippen LogP contribution < -0.4 is 5.32 Å². The Labute approximate surface area is 176 Å². The number of carbonyl (C=O) groups excluding carboxylic acids is 1. The summed E-state index contributed by atoms with van der Waals surface area (Å²) in [5.74, 6) is -0.301. The highest BCUT2D eigenvalue weighted by molar-refractivity contribution is 7.92. The van der Waals surface area contributed by atoms with Gasteiger partial charge in [-0.15, -0.1) is 0 Å². The van der Waals surface area contributed by atoms with E-state index in [1.165, 1.54) is 9.71 Å². The molecule has 154 valence electrons. The number of piperidine rings is 1. The molecular weight excluding hydrogens is 398 g/mol. The number of anilines is 1. The lowest BCUT2D eigenvalue weighted by atomic mass is 9.97. The highest BCUT2D eigenvalue weighted by atomic mass is 32.2. The maximum absolute atomic E-state index is 12.8. The molecule has 1 aliphatic heterocycles. The SMILES string of the molecule is O=C(Nc1cccc2ncccc12)C1CCN(S(=O)(=O)C=Cc2ccccc2)CC1. The molecule has 0 atom stereocenters. The third kappa shape index (κ3) is 4.58. The topological polar surface area (TPSA) is 79.4 Å². The van der Waals surface area contributed by atoms with Gasteiger partial charge >= 0.3 is 0 Å². The molecule has 0 aliphatic carbocycles. The second-order valence-electron chi connectivity index (χ2n) is 7.30. The molecule has 1 saturated heterocycles. The summed E-state index contributed by atoms with van der Waals surface area (Å²) in [5.41, 5.74) is 2.38. The van der Waals surface area contributed by atoms with Gasteiger partial charge in [0.2, 0.25) is 15.9 Å². The van der Waals surface area contributed by atoms with Crippen LogP contribution in [0, 0.1) is 5.92 Å². The van der Waals surface area contributed by atoms with Gasteiger partial charge in [-0.05, 0) is 48.7 Å². The van der Waals surface area contributed by atoms with Gasteiger partial charge in [-0.25, -0.2) is 8.42 Å². The highest BCUT2D eigenvalue weighted by Gasteiger charge is 2.30. The number of pyridine rings is 1. The van der Waals surface area contributed by atoms with Crippen molar-refractivity contribution in [3.63, 3.8) is 0 Å². The molecule has 1 aromatic heterocycles. The molecule has 0 bridgehead atoms. The third-order valence-electron chi connectivity index (χ3n) is 5.32. The average Bonchev–Trinajstić information content (AvgIpc) is 2.79. The third-order valence-corrected chi connectivity index (χ3v) is 6.89. The van der Waals surface area contributed by atoms with Crippen molar-refractivity contribution in [1.82, 2.24) is 9.29 Å². The van der Waals surface area contributed by atoms with E-state index in [4.69, 9.17) is 0 Å². The molecule has 1 fully saturated rings. The van der Waals surface area contributed by atoms with Crippen LogP contribution >= 0.6 is 0 Å². The molecule has 1 amide bonds. The van der Waals surface area contributed by atoms with Crippen LogP contribution in [0.2, 0.25) is 0 Å². The van der Waals surface area contributed by atoms with Crippen LogP contribution in [-0.2, 0) is 14.8 Å². The first-order chi connectivity index (χ1) is 14.5. The van der Waals surface area contributed by atoms with Gasteiger partial charge in [-0.1, -0.05) is 36.4 Å². The summed E-state index contributed by atoms with van der Waals surface area (Å²) >= 11 is 0. The number of nitrogens with one attached hydrogen (secondary N) is 1. The second kappa shape index (κ2) is 8.77. The molecule has 2 aromatic carbocycles. The molecule has 0 saturated carbocycles. The zero-order chi connectivity index (χ0) is 21.0. The lowest BCUT2D eigenvalue weighted by Crippen LogP contribution is -2.40. The monoisotopic (exact) mass is 421 g/mol. The number of rotatable bonds is 5. The van der Waals surface area contributed by atoms with Gasteiger partial charge in [0.15, 0.2) is 0 Å². The van der Waals surface area contributed by atoms with Gasteiger partial charge in [0, 0.05) is 36.0 Å². The van der Waals surface area contributed by atoms with Gasteiger partial charge in [-0.2, -0.15) is 4.31 Å². The number of benzene rings is 2. The zero-order valence-corrected chi connectivity index (χ0v) is 17.3. The molecule has 2 heterocycles. The molecule has 1 aliphatic rings. The molecule has 0 radical (unpaired) electrons. The Morgan fingerprint density at radius 1 is 1.00 bits per heavy atom. The number of aromatic nitrogens is 1. The van der Waals surface area contributed by atoms with Crippen LogP contribution in [0.1, 0.15) is 18.4 Å². The van der Waals surface area contributed by atoms with Gasteiger partial charge in [0.05, 0.1) is 11.2 Å². The van der Waals surface area contributed by atoms with Gasteiger partial charge in [0.25, 0.3) is 0 Å². The van der Waals surface area contributed by atoms with Crippen molar-refractivity contribution < 1.29 is 13.2 Å². The van der Waals surface area contributed by atoms with E-state index in [1.807, 2.05) is 60.7 Å². The van der Waals surface area contributed by atoms with Crippen molar-refractivity contribution in [1.29, 1.82) is 0 Å². The van der Waals surface area contributed by atoms with Gasteiger partial charge in [0.1, 0.15) is 0 Å². The predicted molar refractivity (Wildman–Crippen MR) is 119 cm³/mol. The summed E-state index contributed by atoms with van der Waals surface area (Å²) in [4.78, 5) is 17.1. The van der Waals surface area contributed by atoms with Crippen LogP contribution in [0.15, 0.2) is 72.3 Å². The minimum Gasteiger partial charge on any atom is -0.325 e. The van der Waals surface area contributed by atoms with E-state index in [2.05, 4.69) is 10.3 Å². The highest BCUT2D eigenvalue weighted by Crippen LogP contribution is 2.25. The number of carbonyl (C=O) groups is 1. The van der Waals surface area contributed by atoms with Crippen molar-refractivity contribution in [3.8, 4) is 0 Å². The molecule has 0 spiro atoms. The number of amides is 1. The molecular formula is C23H23N3O3S. The van der Waals surface area contributed by atoms with Crippen LogP contribution in [0.3, 0.4) is 0 Å². The standard InChI is InChI=1S/C23H23N3O3S/c27-23(25-22-10-4-9-21-20(22)8-5-14-24-21)19-11-15-26(16-12-19)30(28,29)17-13-18-6-2-1-3-7-18/h1-10,13-14,17,19H,11-12,15-16H2,(H,25,27). The average molecular weight is 422 g/mol. The van der Waals surface area contributed by atoms with Crippen LogP contribution in [-0.4, -0.2) is 36.7 Å². The molecule has 6 nitrogen and oxygen atoms in total. The Kier molecular flexibility index (Phi) is 5.92. The van der Waals surface area contributed by atoms with Crippen molar-refractivity contribution >= 4 is 38.6 Å². The summed E-state index contributed by atoms with van der Waals surface area (Å²) in [6.45, 7) is 0.660. The van der Waals surface area contributed by atoms with Crippen LogP contribution in [0.5, 0.6) is 0 Å². The van der Waals surface area contributed by atoms with Crippen molar-refractivity contribution in [2.45, 2.75) is 12.8 Å². The van der Waals surface area contributed by atoms with Crippen molar-refractivity contribution in [2.24, 2.45) is 5.92 Å². The van der Waals surface area contributed by atoms with E-state index < -0.39 is 10.0 Å². The lowest BCUT2D eigenvalue weighted by Gasteiger charge is -2.29. The van der Waals surface area contributed by atoms with E-state index in [0.717, 1.165) is 22.2 Å². The molecule has 1 N–H and O–H groups in total. The Balaban J connectivity index is 1.38. The summed E-state index contributed by atoms with van der Waals surface area (Å²) in [5, 5.41) is 5.12. The van der Waals surface area contributed by atoms with Crippen molar-refractivity contribution in [2.75, 3.05) is 18.4 Å². The van der Waals surface area contributed by atoms with Crippen LogP contribution in [0.4, 0.5) is 5.69 Å². The number of hydrogen-bond acceptors (Lipinski definition) is 4. The van der Waals surface area contributed by atoms with E-state index in [-0.39, 0.29) is 11.8 Å². The first-order valence-electron chi connectivity index (χ1n) is 9.91. The molecule has 4 rings (SSSR count). The Morgan fingerprint density at radius 3 is 2.53 bits per heavy atom.